The van der Waals surface area contributed by atoms with Gasteiger partial charge >= 0.3 is 5.97 Å². The molecule has 0 fully saturated rings. The van der Waals surface area contributed by atoms with E-state index in [4.69, 9.17) is 9.47 Å². The number of benzene rings is 1. The van der Waals surface area contributed by atoms with Crippen molar-refractivity contribution < 1.29 is 14.3 Å². The zero-order chi connectivity index (χ0) is 19.6. The second kappa shape index (κ2) is 8.15. The third kappa shape index (κ3) is 3.87. The molecule has 0 N–H and O–H groups in total. The summed E-state index contributed by atoms with van der Waals surface area (Å²) in [6, 6.07) is 2.28. The first-order valence-corrected chi connectivity index (χ1v) is 9.82. The summed E-state index contributed by atoms with van der Waals surface area (Å²) in [5.41, 5.74) is 8.87. The van der Waals surface area contributed by atoms with E-state index in [1.807, 2.05) is 11.6 Å². The molecule has 2 aromatic rings. The van der Waals surface area contributed by atoms with Gasteiger partial charge in [0.2, 0.25) is 0 Å². The summed E-state index contributed by atoms with van der Waals surface area (Å²) in [7, 11) is 1.77. The maximum absolute atomic E-state index is 11.7. The number of fused-ring (bicyclic) bond motifs is 1. The van der Waals surface area contributed by atoms with Gasteiger partial charge in [0.05, 0.1) is 32.4 Å². The van der Waals surface area contributed by atoms with Crippen LogP contribution in [0.3, 0.4) is 0 Å². The number of carbonyl (C=O) groups is 1. The summed E-state index contributed by atoms with van der Waals surface area (Å²) in [6.07, 6.45) is 4.65. The monoisotopic (exact) mass is 370 g/mol. The Kier molecular flexibility index (Phi) is 5.88. The minimum Gasteiger partial charge on any atom is -0.496 e. The van der Waals surface area contributed by atoms with Gasteiger partial charge in [0.1, 0.15) is 5.75 Å². The topological polar surface area (TPSA) is 53.4 Å². The van der Waals surface area contributed by atoms with E-state index in [0.717, 1.165) is 36.4 Å². The van der Waals surface area contributed by atoms with E-state index in [9.17, 15) is 4.79 Å². The quantitative estimate of drug-likeness (QED) is 0.695. The fourth-order valence-corrected chi connectivity index (χ4v) is 4.27. The van der Waals surface area contributed by atoms with Crippen LogP contribution < -0.4 is 4.74 Å². The number of rotatable bonds is 7. The summed E-state index contributed by atoms with van der Waals surface area (Å²) in [5.74, 6) is 0.889. The highest BCUT2D eigenvalue weighted by molar-refractivity contribution is 5.69. The van der Waals surface area contributed by atoms with Gasteiger partial charge < -0.3 is 9.47 Å². The number of hydrogen-bond acceptors (Lipinski definition) is 4. The van der Waals surface area contributed by atoms with Gasteiger partial charge in [0, 0.05) is 17.7 Å². The maximum atomic E-state index is 11.7. The highest BCUT2D eigenvalue weighted by Crippen LogP contribution is 2.37. The molecule has 1 heterocycles. The van der Waals surface area contributed by atoms with Gasteiger partial charge in [-0.3, -0.25) is 9.48 Å². The fraction of sp³-hybridized carbons (Fsp3) is 0.545. The Morgan fingerprint density at radius 3 is 2.67 bits per heavy atom. The molecule has 0 amide bonds. The minimum absolute atomic E-state index is 0.171. The molecule has 146 valence electrons. The van der Waals surface area contributed by atoms with Crippen LogP contribution in [-0.2, 0) is 35.3 Å². The van der Waals surface area contributed by atoms with Gasteiger partial charge in [-0.15, -0.1) is 0 Å². The Balaban J connectivity index is 1.86. The van der Waals surface area contributed by atoms with E-state index >= 15 is 0 Å². The molecule has 1 aliphatic carbocycles. The van der Waals surface area contributed by atoms with Gasteiger partial charge in [0.25, 0.3) is 0 Å². The molecule has 0 radical (unpaired) electrons. The van der Waals surface area contributed by atoms with Crippen LogP contribution in [0.2, 0.25) is 0 Å². The molecule has 0 bridgehead atoms. The minimum atomic E-state index is -0.171. The van der Waals surface area contributed by atoms with Crippen LogP contribution in [0.1, 0.15) is 59.0 Å². The lowest BCUT2D eigenvalue weighted by Crippen LogP contribution is -2.11. The largest absolute Gasteiger partial charge is 0.496 e. The number of hydrogen-bond donors (Lipinski definition) is 0. The van der Waals surface area contributed by atoms with E-state index in [2.05, 4.69) is 31.9 Å². The number of carbonyl (C=O) groups excluding carboxylic acids is 1. The Labute approximate surface area is 161 Å². The van der Waals surface area contributed by atoms with Gasteiger partial charge in [-0.2, -0.15) is 5.10 Å². The molecule has 5 heteroatoms. The molecule has 1 aliphatic rings. The smallest absolute Gasteiger partial charge is 0.307 e. The molecule has 5 nitrogen and oxygen atoms in total. The second-order valence-corrected chi connectivity index (χ2v) is 7.30. The maximum Gasteiger partial charge on any atom is 0.307 e. The molecule has 0 saturated carbocycles. The van der Waals surface area contributed by atoms with E-state index in [-0.39, 0.29) is 5.97 Å². The molecular formula is C22H30N2O3. The third-order valence-corrected chi connectivity index (χ3v) is 5.56. The number of aromatic nitrogens is 2. The molecule has 0 aliphatic heterocycles. The lowest BCUT2D eigenvalue weighted by Gasteiger charge is -2.16. The van der Waals surface area contributed by atoms with Crippen molar-refractivity contribution in [2.75, 3.05) is 13.7 Å². The van der Waals surface area contributed by atoms with Crippen molar-refractivity contribution in [1.82, 2.24) is 9.78 Å². The highest BCUT2D eigenvalue weighted by atomic mass is 16.5. The SMILES string of the molecule is CCOC(=O)CCn1nc(C)c(Cc2cc(C)c(OC)c3c2CCC3)c1C. The van der Waals surface area contributed by atoms with Crippen molar-refractivity contribution >= 4 is 5.97 Å². The molecule has 0 spiro atoms. The summed E-state index contributed by atoms with van der Waals surface area (Å²) < 4.78 is 12.6. The molecule has 3 rings (SSSR count). The normalized spacial score (nSPS) is 12.9. The summed E-state index contributed by atoms with van der Waals surface area (Å²) in [6.45, 7) is 9.09. The predicted octanol–water partition coefficient (Wildman–Crippen LogP) is 3.85. The number of nitrogens with zero attached hydrogens (tertiary/aromatic N) is 2. The third-order valence-electron chi connectivity index (χ3n) is 5.56. The van der Waals surface area contributed by atoms with Crippen molar-refractivity contribution in [3.63, 3.8) is 0 Å². The van der Waals surface area contributed by atoms with Gasteiger partial charge in [0.15, 0.2) is 0 Å². The predicted molar refractivity (Wildman–Crippen MR) is 106 cm³/mol. The highest BCUT2D eigenvalue weighted by Gasteiger charge is 2.23. The number of aryl methyl sites for hydroxylation is 3. The van der Waals surface area contributed by atoms with Crippen LogP contribution in [0.25, 0.3) is 0 Å². The number of ether oxygens (including phenoxy) is 2. The Morgan fingerprint density at radius 1 is 1.22 bits per heavy atom. The fourth-order valence-electron chi connectivity index (χ4n) is 4.27. The first-order valence-electron chi connectivity index (χ1n) is 9.82. The second-order valence-electron chi connectivity index (χ2n) is 7.30. The Bertz CT molecular complexity index is 852. The lowest BCUT2D eigenvalue weighted by molar-refractivity contribution is -0.143. The molecule has 27 heavy (non-hydrogen) atoms. The molecule has 0 saturated heterocycles. The summed E-state index contributed by atoms with van der Waals surface area (Å²) in [5, 5.41) is 4.67. The first-order chi connectivity index (χ1) is 13.0. The van der Waals surface area contributed by atoms with Crippen molar-refractivity contribution in [1.29, 1.82) is 0 Å². The summed E-state index contributed by atoms with van der Waals surface area (Å²) >= 11 is 0. The van der Waals surface area contributed by atoms with Crippen molar-refractivity contribution in [2.45, 2.75) is 66.3 Å². The first kappa shape index (κ1) is 19.5. The van der Waals surface area contributed by atoms with Crippen LogP contribution >= 0.6 is 0 Å². The molecule has 1 aromatic heterocycles. The zero-order valence-electron chi connectivity index (χ0n) is 17.1. The van der Waals surface area contributed by atoms with Crippen molar-refractivity contribution in [3.8, 4) is 5.75 Å². The number of methoxy groups -OCH3 is 1. The van der Waals surface area contributed by atoms with E-state index in [1.165, 1.54) is 34.2 Å². The van der Waals surface area contributed by atoms with Gasteiger partial charge in [-0.05, 0) is 69.2 Å². The van der Waals surface area contributed by atoms with E-state index in [0.29, 0.717) is 19.6 Å². The van der Waals surface area contributed by atoms with E-state index in [1.54, 1.807) is 7.11 Å². The summed E-state index contributed by atoms with van der Waals surface area (Å²) in [4.78, 5) is 11.7. The average molecular weight is 370 g/mol. The van der Waals surface area contributed by atoms with Crippen molar-refractivity contribution in [3.05, 3.63) is 45.3 Å². The molecular weight excluding hydrogens is 340 g/mol. The van der Waals surface area contributed by atoms with Crippen LogP contribution in [0, 0.1) is 20.8 Å². The number of esters is 1. The average Bonchev–Trinajstić information content (AvgIpc) is 3.21. The molecule has 0 unspecified atom stereocenters. The van der Waals surface area contributed by atoms with Crippen LogP contribution in [0.4, 0.5) is 0 Å². The van der Waals surface area contributed by atoms with Gasteiger partial charge in [-0.1, -0.05) is 6.07 Å². The van der Waals surface area contributed by atoms with Gasteiger partial charge in [-0.25, -0.2) is 0 Å². The van der Waals surface area contributed by atoms with Crippen LogP contribution in [-0.4, -0.2) is 29.5 Å². The lowest BCUT2D eigenvalue weighted by atomic mass is 9.93. The zero-order valence-corrected chi connectivity index (χ0v) is 17.1. The van der Waals surface area contributed by atoms with Crippen LogP contribution in [0.15, 0.2) is 6.07 Å². The molecule has 0 atom stereocenters. The Morgan fingerprint density at radius 2 is 1.96 bits per heavy atom. The Hall–Kier alpha value is -2.30. The van der Waals surface area contributed by atoms with E-state index < -0.39 is 0 Å². The van der Waals surface area contributed by atoms with Crippen molar-refractivity contribution in [2.24, 2.45) is 0 Å². The van der Waals surface area contributed by atoms with Crippen LogP contribution in [0.5, 0.6) is 5.75 Å². The standard InChI is InChI=1S/C22H30N2O3/c1-6-27-21(25)10-11-24-16(4)20(15(3)23-24)13-17-12-14(2)22(26-5)19-9-7-8-18(17)19/h12H,6-11,13H2,1-5H3. The molecule has 1 aromatic carbocycles.